The van der Waals surface area contributed by atoms with Gasteiger partial charge in [-0.1, -0.05) is 25.1 Å². The number of hydrogen-bond acceptors (Lipinski definition) is 2. The summed E-state index contributed by atoms with van der Waals surface area (Å²) in [6.45, 7) is 6.22. The van der Waals surface area contributed by atoms with Crippen LogP contribution in [0.1, 0.15) is 12.5 Å². The molecule has 0 amide bonds. The van der Waals surface area contributed by atoms with Crippen LogP contribution < -0.4 is 5.32 Å². The van der Waals surface area contributed by atoms with Crippen molar-refractivity contribution < 1.29 is 0 Å². The molecule has 0 saturated heterocycles. The summed E-state index contributed by atoms with van der Waals surface area (Å²) in [5.74, 6) is 0. The van der Waals surface area contributed by atoms with Crippen molar-refractivity contribution in [1.82, 2.24) is 14.8 Å². The number of nitrogens with zero attached hydrogens (tertiary/aromatic N) is 2. The highest BCUT2D eigenvalue weighted by atomic mass is 15.1. The SMILES string of the molecule is CCNCc1cn(CCN(C)C)c2ccccc12. The molecule has 18 heavy (non-hydrogen) atoms. The lowest BCUT2D eigenvalue weighted by Gasteiger charge is -2.10. The van der Waals surface area contributed by atoms with Gasteiger partial charge in [-0.3, -0.25) is 0 Å². The molecule has 3 heteroatoms. The summed E-state index contributed by atoms with van der Waals surface area (Å²) in [6.07, 6.45) is 2.29. The highest BCUT2D eigenvalue weighted by Gasteiger charge is 2.07. The summed E-state index contributed by atoms with van der Waals surface area (Å²) in [5, 5.41) is 4.78. The van der Waals surface area contributed by atoms with Crippen molar-refractivity contribution in [3.63, 3.8) is 0 Å². The molecule has 2 rings (SSSR count). The molecule has 3 nitrogen and oxygen atoms in total. The fourth-order valence-electron chi connectivity index (χ4n) is 2.22. The van der Waals surface area contributed by atoms with Gasteiger partial charge < -0.3 is 14.8 Å². The number of aromatic nitrogens is 1. The summed E-state index contributed by atoms with van der Waals surface area (Å²) in [4.78, 5) is 2.22. The molecule has 0 fully saturated rings. The van der Waals surface area contributed by atoms with Gasteiger partial charge in [0, 0.05) is 36.7 Å². The van der Waals surface area contributed by atoms with Crippen LogP contribution in [0.3, 0.4) is 0 Å². The van der Waals surface area contributed by atoms with Crippen LogP contribution in [-0.4, -0.2) is 36.7 Å². The third kappa shape index (κ3) is 2.92. The number of fused-ring (bicyclic) bond motifs is 1. The molecule has 0 spiro atoms. The Bertz CT molecular complexity index is 499. The standard InChI is InChI=1S/C15H23N3/c1-4-16-11-13-12-18(10-9-17(2)3)15-8-6-5-7-14(13)15/h5-8,12,16H,4,9-11H2,1-3H3. The molecule has 1 aromatic carbocycles. The van der Waals surface area contributed by atoms with E-state index in [1.54, 1.807) is 0 Å². The number of likely N-dealkylation sites (N-methyl/N-ethyl adjacent to an activating group) is 1. The Labute approximate surface area is 109 Å². The van der Waals surface area contributed by atoms with Crippen molar-refractivity contribution in [2.24, 2.45) is 0 Å². The Morgan fingerprint density at radius 2 is 2.00 bits per heavy atom. The van der Waals surface area contributed by atoms with Crippen LogP contribution >= 0.6 is 0 Å². The quantitative estimate of drug-likeness (QED) is 0.843. The molecule has 0 bridgehead atoms. The van der Waals surface area contributed by atoms with Crippen molar-refractivity contribution in [2.75, 3.05) is 27.2 Å². The van der Waals surface area contributed by atoms with E-state index in [0.29, 0.717) is 0 Å². The third-order valence-electron chi connectivity index (χ3n) is 3.22. The Morgan fingerprint density at radius 3 is 2.72 bits per heavy atom. The number of nitrogens with one attached hydrogen (secondary N) is 1. The van der Waals surface area contributed by atoms with E-state index < -0.39 is 0 Å². The average molecular weight is 245 g/mol. The van der Waals surface area contributed by atoms with E-state index in [1.807, 2.05) is 0 Å². The van der Waals surface area contributed by atoms with Gasteiger partial charge in [0.25, 0.3) is 0 Å². The van der Waals surface area contributed by atoms with Gasteiger partial charge in [-0.25, -0.2) is 0 Å². The van der Waals surface area contributed by atoms with Gasteiger partial charge in [-0.15, -0.1) is 0 Å². The molecular weight excluding hydrogens is 222 g/mol. The first-order chi connectivity index (χ1) is 8.72. The number of benzene rings is 1. The molecular formula is C15H23N3. The molecule has 98 valence electrons. The Kier molecular flexibility index (Phi) is 4.39. The maximum absolute atomic E-state index is 3.41. The molecule has 0 aliphatic heterocycles. The molecule has 1 aromatic heterocycles. The van der Waals surface area contributed by atoms with Crippen LogP contribution in [0.2, 0.25) is 0 Å². The lowest BCUT2D eigenvalue weighted by atomic mass is 10.2. The van der Waals surface area contributed by atoms with Crippen molar-refractivity contribution >= 4 is 10.9 Å². The summed E-state index contributed by atoms with van der Waals surface area (Å²) in [7, 11) is 4.23. The van der Waals surface area contributed by atoms with Crippen LogP contribution in [0.5, 0.6) is 0 Å². The monoisotopic (exact) mass is 245 g/mol. The highest BCUT2D eigenvalue weighted by molar-refractivity contribution is 5.83. The van der Waals surface area contributed by atoms with Gasteiger partial charge in [-0.05, 0) is 32.3 Å². The molecule has 0 atom stereocenters. The predicted molar refractivity (Wildman–Crippen MR) is 77.9 cm³/mol. The Balaban J connectivity index is 2.28. The molecule has 0 aliphatic carbocycles. The third-order valence-corrected chi connectivity index (χ3v) is 3.22. The molecule has 1 heterocycles. The minimum atomic E-state index is 0.950. The van der Waals surface area contributed by atoms with Crippen molar-refractivity contribution in [3.8, 4) is 0 Å². The number of hydrogen-bond donors (Lipinski definition) is 1. The zero-order valence-corrected chi connectivity index (χ0v) is 11.6. The second kappa shape index (κ2) is 6.03. The fourth-order valence-corrected chi connectivity index (χ4v) is 2.22. The first-order valence-electron chi connectivity index (χ1n) is 6.64. The van der Waals surface area contributed by atoms with E-state index in [0.717, 1.165) is 26.2 Å². The predicted octanol–water partition coefficient (Wildman–Crippen LogP) is 2.31. The van der Waals surface area contributed by atoms with Gasteiger partial charge in [0.05, 0.1) is 0 Å². The second-order valence-corrected chi connectivity index (χ2v) is 4.95. The van der Waals surface area contributed by atoms with E-state index in [2.05, 4.69) is 66.3 Å². The van der Waals surface area contributed by atoms with E-state index >= 15 is 0 Å². The molecule has 2 aromatic rings. The topological polar surface area (TPSA) is 20.2 Å². The molecule has 0 radical (unpaired) electrons. The average Bonchev–Trinajstić information content (AvgIpc) is 2.72. The maximum Gasteiger partial charge on any atom is 0.0484 e. The van der Waals surface area contributed by atoms with Crippen LogP contribution in [0.15, 0.2) is 30.5 Å². The molecule has 0 aliphatic rings. The van der Waals surface area contributed by atoms with E-state index in [1.165, 1.54) is 16.5 Å². The minimum Gasteiger partial charge on any atom is -0.346 e. The van der Waals surface area contributed by atoms with Crippen LogP contribution in [0.4, 0.5) is 0 Å². The first-order valence-corrected chi connectivity index (χ1v) is 6.64. The van der Waals surface area contributed by atoms with Crippen LogP contribution in [0, 0.1) is 0 Å². The van der Waals surface area contributed by atoms with Gasteiger partial charge in [-0.2, -0.15) is 0 Å². The molecule has 1 N–H and O–H groups in total. The summed E-state index contributed by atoms with van der Waals surface area (Å²) in [5.41, 5.74) is 2.73. The highest BCUT2D eigenvalue weighted by Crippen LogP contribution is 2.21. The van der Waals surface area contributed by atoms with Gasteiger partial charge in [0.2, 0.25) is 0 Å². The summed E-state index contributed by atoms with van der Waals surface area (Å²) in [6, 6.07) is 8.66. The van der Waals surface area contributed by atoms with Crippen LogP contribution in [0.25, 0.3) is 10.9 Å². The van der Waals surface area contributed by atoms with Crippen molar-refractivity contribution in [1.29, 1.82) is 0 Å². The van der Waals surface area contributed by atoms with E-state index in [9.17, 15) is 0 Å². The Morgan fingerprint density at radius 1 is 1.22 bits per heavy atom. The largest absolute Gasteiger partial charge is 0.346 e. The lowest BCUT2D eigenvalue weighted by Crippen LogP contribution is -2.18. The van der Waals surface area contributed by atoms with Crippen LogP contribution in [-0.2, 0) is 13.1 Å². The zero-order chi connectivity index (χ0) is 13.0. The minimum absolute atomic E-state index is 0.950. The van der Waals surface area contributed by atoms with Gasteiger partial charge >= 0.3 is 0 Å². The summed E-state index contributed by atoms with van der Waals surface area (Å²) < 4.78 is 2.36. The summed E-state index contributed by atoms with van der Waals surface area (Å²) >= 11 is 0. The van der Waals surface area contributed by atoms with Gasteiger partial charge in [0.15, 0.2) is 0 Å². The number of rotatable bonds is 6. The fraction of sp³-hybridized carbons (Fsp3) is 0.467. The molecule has 0 unspecified atom stereocenters. The molecule has 0 saturated carbocycles. The zero-order valence-electron chi connectivity index (χ0n) is 11.6. The van der Waals surface area contributed by atoms with Gasteiger partial charge in [0.1, 0.15) is 0 Å². The lowest BCUT2D eigenvalue weighted by molar-refractivity contribution is 0.387. The smallest absolute Gasteiger partial charge is 0.0484 e. The first kappa shape index (κ1) is 13.1. The van der Waals surface area contributed by atoms with Crippen molar-refractivity contribution in [3.05, 3.63) is 36.0 Å². The Hall–Kier alpha value is -1.32. The van der Waals surface area contributed by atoms with E-state index in [-0.39, 0.29) is 0 Å². The number of para-hydroxylation sites is 1. The maximum atomic E-state index is 3.41. The second-order valence-electron chi connectivity index (χ2n) is 4.95. The normalized spacial score (nSPS) is 11.6. The van der Waals surface area contributed by atoms with Crippen molar-refractivity contribution in [2.45, 2.75) is 20.0 Å². The van der Waals surface area contributed by atoms with E-state index in [4.69, 9.17) is 0 Å².